The van der Waals surface area contributed by atoms with Gasteiger partial charge in [-0.1, -0.05) is 370 Å². The van der Waals surface area contributed by atoms with E-state index < -0.39 is 54.5 Å². The Morgan fingerprint density at radius 1 is 0.505 bits per heavy atom. The van der Waals surface area contributed by atoms with E-state index in [4.69, 9.17) is 83.9 Å². The van der Waals surface area contributed by atoms with Gasteiger partial charge in [-0.25, -0.2) is 0 Å². The minimum absolute atomic E-state index is 0. The van der Waals surface area contributed by atoms with Gasteiger partial charge in [0.1, 0.15) is -0.565 Å². The van der Waals surface area contributed by atoms with E-state index in [2.05, 4.69) is 427 Å². The first kappa shape index (κ1) is 153. The molecular weight excluding hydrogens is 2410 g/mol. The van der Waals surface area contributed by atoms with E-state index in [0.29, 0.717) is 23.1 Å². The second kappa shape index (κ2) is 90.7. The zero-order valence-electron chi connectivity index (χ0n) is 75.2. The molecule has 0 atom stereocenters. The van der Waals surface area contributed by atoms with E-state index in [-0.39, 0.29) is 77.0 Å². The summed E-state index contributed by atoms with van der Waals surface area (Å²) in [6, 6.07) is 22.2. The van der Waals surface area contributed by atoms with E-state index in [1.807, 2.05) is 72.6 Å². The standard InChI is InChI=1S/C18H30O2.2C16H26.C6H14Si.2C6H12.C4H8.C3H5I3.C3H6I.2C3H7.CH2I2.10ClH.H3N.3Ti.V/c1-16(2,3)13-10-14(17(4,5)19-8)12-15(11-13)18(6,7)20-9;2*1-11(2)13-8-14(12(3)4)10-15(9-13)16(5,6)7;1-5-6-7(2,3)4;2*1-4-5-6(2)3;1-4(2)3;1-2-3(4,5)6;1-2-3-4;2*1-3-2;2-1-3;;;;;;;;;;;;;;;/h10-12H,1-9H3;2*8-12H,1-7H3;5H,1,6H2,2-4H3;2*4,6H,1,5H2,2-3H3;1H2,2-3H3;2H2,1H3;3H,2H2,1H3;2*3H,1-2H3;1H2;10*1H;1H3;;;;/q;;;;;;;;-1;2*+1;;;;;;;;;;;;;2*+2;+4;/p-10. The van der Waals surface area contributed by atoms with Crippen LogP contribution in [0, 0.1) is 29.1 Å². The molecule has 0 aliphatic rings. The fourth-order valence-corrected chi connectivity index (χ4v) is 7.51. The molecule has 3 rings (SSSR count). The molecule has 0 fully saturated rings. The smallest absolute Gasteiger partial charge is 0 e. The first-order chi connectivity index (χ1) is 47.2. The summed E-state index contributed by atoms with van der Waals surface area (Å²) in [5.74, 6) is 4.00. The van der Waals surface area contributed by atoms with Crippen molar-refractivity contribution in [3.63, 3.8) is 0 Å². The summed E-state index contributed by atoms with van der Waals surface area (Å²) < 4.78 is 15.0. The quantitative estimate of drug-likeness (QED) is 0.0511. The molecule has 24 heteroatoms. The molecule has 0 saturated carbocycles. The number of benzene rings is 3. The molecule has 3 N–H and O–H groups in total. The van der Waals surface area contributed by atoms with E-state index >= 15 is 0 Å². The van der Waals surface area contributed by atoms with Crippen molar-refractivity contribution < 1.29 is 99.3 Å². The third kappa shape index (κ3) is 123. The van der Waals surface area contributed by atoms with Crippen molar-refractivity contribution in [2.24, 2.45) is 11.8 Å². The summed E-state index contributed by atoms with van der Waals surface area (Å²) in [5.41, 5.74) is 13.6. The maximum Gasteiger partial charge on any atom is 0 e. The molecule has 3 aromatic carbocycles. The van der Waals surface area contributed by atoms with Crippen LogP contribution in [0.3, 0.4) is 0 Å². The Balaban J connectivity index is -0.0000000640. The summed E-state index contributed by atoms with van der Waals surface area (Å²) in [6.45, 7) is 93.4. The van der Waals surface area contributed by atoms with Crippen LogP contribution in [-0.2, 0) is 102 Å². The van der Waals surface area contributed by atoms with Crippen molar-refractivity contribution >= 4 is 218 Å². The Morgan fingerprint density at radius 3 is 0.752 bits per heavy atom. The summed E-state index contributed by atoms with van der Waals surface area (Å²) in [4.78, 5) is 0. The Bertz CT molecular complexity index is 2290. The molecular formula is C85H158Cl10I6NO2SiTi3V-. The number of allylic oxidation sites excluding steroid dienone is 4. The molecule has 0 aliphatic carbocycles. The number of methoxy groups -OCH3 is 2. The SMILES string of the molecule is C=C(C)C.C=CCC(C)C.C=CCC(C)C.C=CC[Si](C)(C)C.CC(C)c1cc(C(C)C)cc(C(C)(C)C)c1.CC(C)c1cc(C(C)C)cc(C(C)(C)C)c1.CCC(I)(I)I.CC[CH-]I.COC(C)(C)c1cc(C(C)(C)C)cc(C(C)(C)OC)c1.C[CH+]C.C[CH+]C.ICI.N.[Cl-].[Cl-].[Cl][Ti]([Cl])([Cl])[Cl].[Cl][Ti][Cl].[Cl][Ti][Cl].[V]. The minimum atomic E-state index is -3.11. The molecule has 109 heavy (non-hydrogen) atoms. The van der Waals surface area contributed by atoms with E-state index in [0.717, 1.165) is 24.7 Å². The van der Waals surface area contributed by atoms with Gasteiger partial charge in [-0.05, 0) is 169 Å². The third-order valence-corrected chi connectivity index (χ3v) is 17.8. The summed E-state index contributed by atoms with van der Waals surface area (Å²) in [6.07, 6.45) is 14.6. The van der Waals surface area contributed by atoms with Crippen molar-refractivity contribution in [1.82, 2.24) is 6.15 Å². The van der Waals surface area contributed by atoms with Gasteiger partial charge in [0, 0.05) is 40.8 Å². The predicted molar refractivity (Wildman–Crippen MR) is 550 cm³/mol. The van der Waals surface area contributed by atoms with E-state index in [1.54, 1.807) is 14.2 Å². The van der Waals surface area contributed by atoms with Crippen molar-refractivity contribution in [1.29, 1.82) is 0 Å². The molecule has 3 aromatic rings. The number of halogens is 16. The molecule has 0 bridgehead atoms. The van der Waals surface area contributed by atoms with Crippen LogP contribution in [0.1, 0.15) is 328 Å². The maximum atomic E-state index is 5.65. The number of alkyl halides is 5. The monoisotopic (exact) mass is 2560 g/mol. The maximum absolute atomic E-state index is 5.65. The summed E-state index contributed by atoms with van der Waals surface area (Å²) in [7, 11) is 42.3. The predicted octanol–water partition coefficient (Wildman–Crippen LogP) is 33.0. The zero-order chi connectivity index (χ0) is 86.9. The molecule has 0 amide bonds. The second-order valence-electron chi connectivity index (χ2n) is 31.8. The first-order valence-electron chi connectivity index (χ1n) is 36.0. The van der Waals surface area contributed by atoms with Crippen LogP contribution in [-0.4, -0.2) is 24.2 Å². The van der Waals surface area contributed by atoms with Gasteiger partial charge in [-0.3, -0.25) is 4.43 Å². The summed E-state index contributed by atoms with van der Waals surface area (Å²) in [5, 5.41) is 0. The molecule has 0 heterocycles. The molecule has 0 spiro atoms. The van der Waals surface area contributed by atoms with Crippen LogP contribution in [0.2, 0.25) is 25.7 Å². The van der Waals surface area contributed by atoms with Crippen LogP contribution in [0.5, 0.6) is 0 Å². The van der Waals surface area contributed by atoms with Crippen LogP contribution >= 0.6 is 210 Å². The Hall–Kier alpha value is 6.46. The molecule has 3 nitrogen and oxygen atoms in total. The molecule has 0 aliphatic heterocycles. The van der Waals surface area contributed by atoms with Crippen molar-refractivity contribution in [3.05, 3.63) is 172 Å². The molecule has 0 saturated heterocycles. The number of rotatable bonds is 16. The third-order valence-electron chi connectivity index (χ3n) is 13.2. The van der Waals surface area contributed by atoms with Crippen molar-refractivity contribution in [3.8, 4) is 0 Å². The topological polar surface area (TPSA) is 53.5 Å². The van der Waals surface area contributed by atoms with Gasteiger partial charge in [0.05, 0.1) is 54.2 Å². The molecule has 1 radical (unpaired) electrons. The van der Waals surface area contributed by atoms with Crippen molar-refractivity contribution in [2.75, 3.05) is 16.7 Å². The van der Waals surface area contributed by atoms with Crippen LogP contribution in [0.25, 0.3) is 0 Å². The average molecular weight is 2560 g/mol. The largest absolute Gasteiger partial charge is 0 e. The average Bonchev–Trinajstić information content (AvgIpc) is 0.795. The van der Waals surface area contributed by atoms with E-state index in [9.17, 15) is 0 Å². The van der Waals surface area contributed by atoms with E-state index in [1.165, 1.54) is 77.0 Å². The zero-order valence-corrected chi connectivity index (χ0v) is 103. The van der Waals surface area contributed by atoms with Gasteiger partial charge < -0.3 is 63.0 Å². The molecule has 0 unspecified atom stereocenters. The van der Waals surface area contributed by atoms with Gasteiger partial charge in [0.15, 0.2) is 0 Å². The Morgan fingerprint density at radius 2 is 0.670 bits per heavy atom. The van der Waals surface area contributed by atoms with Crippen LogP contribution < -0.4 is 31.0 Å². The molecule has 649 valence electrons. The van der Waals surface area contributed by atoms with Gasteiger partial charge in [0.2, 0.25) is 0 Å². The van der Waals surface area contributed by atoms with Crippen LogP contribution in [0.4, 0.5) is 0 Å². The summed E-state index contributed by atoms with van der Waals surface area (Å²) >= 11 is 9.80. The van der Waals surface area contributed by atoms with Gasteiger partial charge in [-0.15, -0.1) is 26.3 Å². The number of ether oxygens (including phenoxy) is 2. The van der Waals surface area contributed by atoms with Crippen molar-refractivity contribution in [2.45, 2.75) is 330 Å². The second-order valence-corrected chi connectivity index (χ2v) is 75.0. The Kier molecular flexibility index (Phi) is 127. The minimum Gasteiger partial charge on any atom is 0 e. The fourth-order valence-electron chi connectivity index (χ4n) is 6.64. The normalized spacial score (nSPS) is 10.3. The number of hydrogen-bond donors (Lipinski definition) is 1. The Labute approximate surface area is 841 Å². The van der Waals surface area contributed by atoms with Crippen LogP contribution in [0.15, 0.2) is 105 Å². The van der Waals surface area contributed by atoms with Gasteiger partial charge in [-0.2, -0.15) is 6.42 Å². The van der Waals surface area contributed by atoms with Gasteiger partial charge >= 0.3 is 121 Å². The number of hydrogen-bond acceptors (Lipinski definition) is 3. The fraction of sp³-hybridized carbons (Fsp3) is 0.659. The van der Waals surface area contributed by atoms with Gasteiger partial charge in [0.25, 0.3) is 0 Å². The first-order valence-corrected chi connectivity index (χ1v) is 64.5. The molecule has 0 aromatic heterocycles.